The van der Waals surface area contributed by atoms with Gasteiger partial charge < -0.3 is 5.11 Å². The molecule has 1 aromatic heterocycles. The average Bonchev–Trinajstić information content (AvgIpc) is 3.12. The Labute approximate surface area is 140 Å². The second kappa shape index (κ2) is 5.83. The zero-order valence-electron chi connectivity index (χ0n) is 13.8. The van der Waals surface area contributed by atoms with Crippen molar-refractivity contribution in [2.75, 3.05) is 0 Å². The summed E-state index contributed by atoms with van der Waals surface area (Å²) >= 11 is 0. The van der Waals surface area contributed by atoms with Crippen LogP contribution in [0, 0.1) is 29.5 Å². The summed E-state index contributed by atoms with van der Waals surface area (Å²) in [6.07, 6.45) is 6.03. The number of nitrogens with zero attached hydrogens (tertiary/aromatic N) is 1. The molecule has 1 N–H and O–H groups in total. The lowest BCUT2D eigenvalue weighted by Crippen LogP contribution is -2.19. The van der Waals surface area contributed by atoms with E-state index in [1.807, 2.05) is 19.2 Å². The molecule has 24 heavy (non-hydrogen) atoms. The second-order valence-corrected chi connectivity index (χ2v) is 7.61. The highest BCUT2D eigenvalue weighted by molar-refractivity contribution is 5.82. The number of carboxylic acid groups (broad SMARTS) is 1. The molecule has 2 saturated carbocycles. The van der Waals surface area contributed by atoms with Gasteiger partial charge in [0.25, 0.3) is 0 Å². The molecule has 0 radical (unpaired) electrons. The Morgan fingerprint density at radius 3 is 2.58 bits per heavy atom. The molecule has 1 heterocycles. The minimum Gasteiger partial charge on any atom is -0.481 e. The average molecular weight is 327 g/mol. The minimum absolute atomic E-state index is 0.217. The van der Waals surface area contributed by atoms with Crippen LogP contribution in [0.5, 0.6) is 0 Å². The topological polar surface area (TPSA) is 50.2 Å². The van der Waals surface area contributed by atoms with Crippen LogP contribution in [0.15, 0.2) is 30.5 Å². The van der Waals surface area contributed by atoms with E-state index in [9.17, 15) is 14.3 Å². The molecule has 0 saturated heterocycles. The summed E-state index contributed by atoms with van der Waals surface area (Å²) in [6.45, 7) is 1.84. The molecule has 1 aromatic carbocycles. The van der Waals surface area contributed by atoms with Gasteiger partial charge in [0.1, 0.15) is 5.82 Å². The summed E-state index contributed by atoms with van der Waals surface area (Å²) in [4.78, 5) is 15.6. The Morgan fingerprint density at radius 2 is 1.92 bits per heavy atom. The maximum absolute atomic E-state index is 13.7. The first-order valence-corrected chi connectivity index (χ1v) is 8.80. The monoisotopic (exact) mass is 327 g/mol. The normalized spacial score (nSPS) is 30.4. The van der Waals surface area contributed by atoms with Gasteiger partial charge >= 0.3 is 5.97 Å². The smallest absolute Gasteiger partial charge is 0.306 e. The highest BCUT2D eigenvalue weighted by Crippen LogP contribution is 2.54. The van der Waals surface area contributed by atoms with Crippen molar-refractivity contribution in [3.63, 3.8) is 0 Å². The van der Waals surface area contributed by atoms with Crippen molar-refractivity contribution in [3.05, 3.63) is 41.8 Å². The molecule has 3 nitrogen and oxygen atoms in total. The number of carboxylic acids is 1. The zero-order valence-corrected chi connectivity index (χ0v) is 13.8. The third-order valence-corrected chi connectivity index (χ3v) is 6.33. The molecule has 126 valence electrons. The number of hydrogen-bond donors (Lipinski definition) is 1. The molecule has 0 aliphatic heterocycles. The van der Waals surface area contributed by atoms with E-state index in [1.54, 1.807) is 12.1 Å². The van der Waals surface area contributed by atoms with Gasteiger partial charge in [0.2, 0.25) is 0 Å². The van der Waals surface area contributed by atoms with Crippen LogP contribution in [0.1, 0.15) is 44.1 Å². The summed E-state index contributed by atoms with van der Waals surface area (Å²) in [5.41, 5.74) is 2.06. The van der Waals surface area contributed by atoms with Crippen LogP contribution in [0.25, 0.3) is 10.9 Å². The van der Waals surface area contributed by atoms with Crippen molar-refractivity contribution in [2.24, 2.45) is 23.7 Å². The summed E-state index contributed by atoms with van der Waals surface area (Å²) in [5, 5.41) is 10.2. The fourth-order valence-corrected chi connectivity index (χ4v) is 5.02. The van der Waals surface area contributed by atoms with Crippen molar-refractivity contribution >= 4 is 16.9 Å². The molecule has 1 unspecified atom stereocenters. The summed E-state index contributed by atoms with van der Waals surface area (Å²) in [6, 6.07) is 6.83. The van der Waals surface area contributed by atoms with Gasteiger partial charge in [-0.15, -0.1) is 0 Å². The maximum atomic E-state index is 13.7. The lowest BCUT2D eigenvalue weighted by molar-refractivity contribution is -0.142. The first-order chi connectivity index (χ1) is 11.5. The molecule has 4 heteroatoms. The Bertz CT molecular complexity index is 776. The van der Waals surface area contributed by atoms with Crippen LogP contribution in [0.2, 0.25) is 0 Å². The van der Waals surface area contributed by atoms with Gasteiger partial charge in [-0.3, -0.25) is 9.78 Å². The highest BCUT2D eigenvalue weighted by Gasteiger charge is 2.44. The van der Waals surface area contributed by atoms with Crippen LogP contribution >= 0.6 is 0 Å². The Morgan fingerprint density at radius 1 is 1.21 bits per heavy atom. The molecule has 5 atom stereocenters. The van der Waals surface area contributed by atoms with Crippen LogP contribution in [0.4, 0.5) is 4.39 Å². The Balaban J connectivity index is 1.56. The fourth-order valence-electron chi connectivity index (χ4n) is 5.02. The van der Waals surface area contributed by atoms with Gasteiger partial charge in [0, 0.05) is 11.6 Å². The molecular formula is C20H22FNO2. The molecule has 2 fully saturated rings. The summed E-state index contributed by atoms with van der Waals surface area (Å²) in [7, 11) is 0. The van der Waals surface area contributed by atoms with E-state index in [1.165, 1.54) is 11.6 Å². The van der Waals surface area contributed by atoms with E-state index < -0.39 is 5.97 Å². The number of hydrogen-bond acceptors (Lipinski definition) is 2. The third-order valence-electron chi connectivity index (χ3n) is 6.33. The van der Waals surface area contributed by atoms with Gasteiger partial charge in [0.15, 0.2) is 0 Å². The van der Waals surface area contributed by atoms with Gasteiger partial charge in [-0.2, -0.15) is 0 Å². The van der Waals surface area contributed by atoms with E-state index >= 15 is 0 Å². The number of aromatic nitrogens is 1. The van der Waals surface area contributed by atoms with E-state index in [0.29, 0.717) is 23.7 Å². The van der Waals surface area contributed by atoms with Crippen molar-refractivity contribution in [1.82, 2.24) is 4.98 Å². The van der Waals surface area contributed by atoms with Gasteiger partial charge in [-0.25, -0.2) is 4.39 Å². The zero-order chi connectivity index (χ0) is 16.8. The van der Waals surface area contributed by atoms with Gasteiger partial charge in [-0.1, -0.05) is 6.92 Å². The van der Waals surface area contributed by atoms with Gasteiger partial charge in [-0.05, 0) is 79.2 Å². The second-order valence-electron chi connectivity index (χ2n) is 7.61. The van der Waals surface area contributed by atoms with Crippen LogP contribution < -0.4 is 0 Å². The number of carbonyl (C=O) groups is 1. The van der Waals surface area contributed by atoms with E-state index in [2.05, 4.69) is 4.98 Å². The Kier molecular flexibility index (Phi) is 3.78. The lowest BCUT2D eigenvalue weighted by atomic mass is 9.86. The fraction of sp³-hybridized carbons (Fsp3) is 0.500. The Hall–Kier alpha value is -1.97. The van der Waals surface area contributed by atoms with Gasteiger partial charge in [0.05, 0.1) is 11.4 Å². The first kappa shape index (κ1) is 15.6. The van der Waals surface area contributed by atoms with Crippen LogP contribution in [-0.4, -0.2) is 16.1 Å². The van der Waals surface area contributed by atoms with Crippen molar-refractivity contribution in [2.45, 2.75) is 38.5 Å². The number of halogens is 1. The van der Waals surface area contributed by atoms with Crippen molar-refractivity contribution < 1.29 is 14.3 Å². The predicted molar refractivity (Wildman–Crippen MR) is 90.2 cm³/mol. The van der Waals surface area contributed by atoms with Crippen LogP contribution in [0.3, 0.4) is 0 Å². The quantitative estimate of drug-likeness (QED) is 0.895. The van der Waals surface area contributed by atoms with E-state index in [4.69, 9.17) is 0 Å². The number of fused-ring (bicyclic) bond motifs is 2. The van der Waals surface area contributed by atoms with Crippen molar-refractivity contribution in [1.29, 1.82) is 0 Å². The lowest BCUT2D eigenvalue weighted by Gasteiger charge is -2.19. The maximum Gasteiger partial charge on any atom is 0.306 e. The number of pyridine rings is 1. The molecule has 0 spiro atoms. The number of rotatable bonds is 3. The highest BCUT2D eigenvalue weighted by atomic mass is 19.1. The first-order valence-electron chi connectivity index (χ1n) is 8.80. The molecule has 2 aromatic rings. The third kappa shape index (κ3) is 2.58. The molecular weight excluding hydrogens is 305 g/mol. The summed E-state index contributed by atoms with van der Waals surface area (Å²) in [5.74, 6) is 0.831. The van der Waals surface area contributed by atoms with Crippen molar-refractivity contribution in [3.8, 4) is 0 Å². The number of aliphatic carboxylic acids is 1. The van der Waals surface area contributed by atoms with E-state index in [-0.39, 0.29) is 11.7 Å². The van der Waals surface area contributed by atoms with E-state index in [0.717, 1.165) is 36.6 Å². The molecule has 2 aliphatic carbocycles. The molecule has 4 rings (SSSR count). The summed E-state index contributed by atoms with van der Waals surface area (Å²) < 4.78 is 13.7. The molecule has 2 aliphatic rings. The van der Waals surface area contributed by atoms with Crippen LogP contribution in [-0.2, 0) is 4.79 Å². The standard InChI is InChI=1S/C20H22FNO2/c1-11(20(23)24)12-6-13-8-15(9-14(13)7-12)17-4-5-22-19-3-2-16(21)10-18(17)19/h2-5,10-15H,6-9H2,1H3,(H,23,24)/t11-,12-,13?,14+,15+/m1/s1. The predicted octanol–water partition coefficient (Wildman–Crippen LogP) is 4.61. The SMILES string of the molecule is C[C@@H](C(=O)O)[C@@H]1CC2C[C@H](c3ccnc4ccc(F)cc34)C[C@@H]2C1. The minimum atomic E-state index is -0.674. The molecule has 0 amide bonds. The number of benzene rings is 1. The molecule has 0 bridgehead atoms. The largest absolute Gasteiger partial charge is 0.481 e.